The minimum absolute atomic E-state index is 0.00899. The molecule has 1 aromatic heterocycles. The summed E-state index contributed by atoms with van der Waals surface area (Å²) in [5.74, 6) is 0.0428. The number of rotatable bonds is 7. The van der Waals surface area contributed by atoms with E-state index in [1.165, 1.54) is 9.47 Å². The summed E-state index contributed by atoms with van der Waals surface area (Å²) < 4.78 is 1.28. The van der Waals surface area contributed by atoms with Crippen LogP contribution >= 0.6 is 0 Å². The van der Waals surface area contributed by atoms with Crippen LogP contribution in [-0.4, -0.2) is 29.1 Å². The minimum atomic E-state index is -0.635. The zero-order valence-electron chi connectivity index (χ0n) is 17.9. The van der Waals surface area contributed by atoms with E-state index in [0.29, 0.717) is 11.6 Å². The number of amides is 1. The highest BCUT2D eigenvalue weighted by Gasteiger charge is 2.18. The van der Waals surface area contributed by atoms with E-state index in [9.17, 15) is 14.4 Å². The van der Waals surface area contributed by atoms with Gasteiger partial charge in [-0.2, -0.15) is 0 Å². The van der Waals surface area contributed by atoms with Gasteiger partial charge in [0, 0.05) is 12.7 Å². The molecule has 1 heterocycles. The summed E-state index contributed by atoms with van der Waals surface area (Å²) in [5.41, 5.74) is 7.67. The molecular formula is C23H27N5O3. The lowest BCUT2D eigenvalue weighted by molar-refractivity contribution is -0.114. The molecular weight excluding hydrogens is 394 g/mol. The van der Waals surface area contributed by atoms with Gasteiger partial charge in [-0.25, -0.2) is 4.79 Å². The van der Waals surface area contributed by atoms with Crippen LogP contribution in [0.2, 0.25) is 0 Å². The van der Waals surface area contributed by atoms with E-state index in [-0.39, 0.29) is 30.5 Å². The maximum absolute atomic E-state index is 12.6. The molecule has 0 aliphatic rings. The Labute approximate surface area is 180 Å². The van der Waals surface area contributed by atoms with Crippen LogP contribution < -0.4 is 27.2 Å². The van der Waals surface area contributed by atoms with Crippen LogP contribution in [0.15, 0.2) is 64.2 Å². The van der Waals surface area contributed by atoms with E-state index in [1.54, 1.807) is 7.05 Å². The molecule has 0 atom stereocenters. The van der Waals surface area contributed by atoms with Crippen molar-refractivity contribution in [1.82, 2.24) is 9.55 Å². The highest BCUT2D eigenvalue weighted by molar-refractivity contribution is 5.94. The second kappa shape index (κ2) is 9.34. The van der Waals surface area contributed by atoms with Gasteiger partial charge in [-0.3, -0.25) is 19.1 Å². The van der Waals surface area contributed by atoms with Gasteiger partial charge in [0.15, 0.2) is 0 Å². The zero-order chi connectivity index (χ0) is 22.5. The smallest absolute Gasteiger partial charge is 0.330 e. The first-order chi connectivity index (χ1) is 14.8. The Balaban J connectivity index is 1.81. The number of nitrogen functional groups attached to an aromatic ring is 1. The largest absolute Gasteiger partial charge is 0.383 e. The lowest BCUT2D eigenvalue weighted by atomic mass is 10.0. The van der Waals surface area contributed by atoms with Gasteiger partial charge < -0.3 is 16.0 Å². The van der Waals surface area contributed by atoms with Gasteiger partial charge >= 0.3 is 5.69 Å². The van der Waals surface area contributed by atoms with Crippen LogP contribution in [0.1, 0.15) is 30.9 Å². The molecule has 0 bridgehead atoms. The lowest BCUT2D eigenvalue weighted by Crippen LogP contribution is -2.39. The van der Waals surface area contributed by atoms with Crippen LogP contribution in [-0.2, 0) is 11.3 Å². The molecule has 1 amide bonds. The average Bonchev–Trinajstić information content (AvgIpc) is 2.71. The molecule has 0 fully saturated rings. The normalized spacial score (nSPS) is 10.8. The zero-order valence-corrected chi connectivity index (χ0v) is 17.9. The number of H-pyrrole nitrogens is 1. The van der Waals surface area contributed by atoms with E-state index < -0.39 is 11.2 Å². The molecule has 2 aromatic carbocycles. The van der Waals surface area contributed by atoms with Crippen LogP contribution in [0, 0.1) is 0 Å². The highest BCUT2D eigenvalue weighted by atomic mass is 16.2. The molecule has 162 valence electrons. The molecule has 0 saturated heterocycles. The minimum Gasteiger partial charge on any atom is -0.383 e. The topological polar surface area (TPSA) is 113 Å². The Morgan fingerprint density at radius 3 is 2.52 bits per heavy atom. The number of likely N-dealkylation sites (N-methyl/N-ethyl adjacent to an activating group) is 1. The molecule has 31 heavy (non-hydrogen) atoms. The molecule has 4 N–H and O–H groups in total. The van der Waals surface area contributed by atoms with Crippen molar-refractivity contribution < 1.29 is 4.79 Å². The van der Waals surface area contributed by atoms with Gasteiger partial charge in [0.2, 0.25) is 5.91 Å². The van der Waals surface area contributed by atoms with Crippen LogP contribution in [0.3, 0.4) is 0 Å². The van der Waals surface area contributed by atoms with Crippen LogP contribution in [0.25, 0.3) is 0 Å². The Hall–Kier alpha value is -3.81. The number of carbonyl (C=O) groups is 1. The lowest BCUT2D eigenvalue weighted by Gasteiger charge is -2.21. The number of benzene rings is 2. The Kier molecular flexibility index (Phi) is 6.59. The molecule has 3 aromatic rings. The van der Waals surface area contributed by atoms with Crippen LogP contribution in [0.4, 0.5) is 17.2 Å². The van der Waals surface area contributed by atoms with Crippen LogP contribution in [0.5, 0.6) is 0 Å². The van der Waals surface area contributed by atoms with E-state index in [1.807, 2.05) is 54.6 Å². The number of nitrogens with one attached hydrogen (secondary N) is 2. The fraction of sp³-hybridized carbons (Fsp3) is 0.261. The summed E-state index contributed by atoms with van der Waals surface area (Å²) >= 11 is 0. The van der Waals surface area contributed by atoms with Gasteiger partial charge in [0.25, 0.3) is 5.56 Å². The van der Waals surface area contributed by atoms with Crippen molar-refractivity contribution in [2.45, 2.75) is 26.3 Å². The maximum Gasteiger partial charge on any atom is 0.330 e. The molecule has 0 saturated carbocycles. The average molecular weight is 422 g/mol. The van der Waals surface area contributed by atoms with E-state index in [2.05, 4.69) is 24.1 Å². The summed E-state index contributed by atoms with van der Waals surface area (Å²) in [6.45, 7) is 4.25. The summed E-state index contributed by atoms with van der Waals surface area (Å²) in [6, 6.07) is 16.9. The van der Waals surface area contributed by atoms with Crippen molar-refractivity contribution in [3.05, 3.63) is 86.6 Å². The van der Waals surface area contributed by atoms with Gasteiger partial charge in [-0.1, -0.05) is 56.3 Å². The number of carbonyl (C=O) groups excluding carboxylic acids is 1. The molecule has 3 rings (SSSR count). The Bertz CT molecular complexity index is 1180. The fourth-order valence-electron chi connectivity index (χ4n) is 3.34. The van der Waals surface area contributed by atoms with Crippen molar-refractivity contribution in [2.24, 2.45) is 0 Å². The first kappa shape index (κ1) is 21.9. The first-order valence-electron chi connectivity index (χ1n) is 10.0. The second-order valence-electron chi connectivity index (χ2n) is 7.75. The van der Waals surface area contributed by atoms with Crippen molar-refractivity contribution >= 4 is 23.1 Å². The molecule has 0 aliphatic heterocycles. The van der Waals surface area contributed by atoms with Crippen molar-refractivity contribution in [3.8, 4) is 0 Å². The molecule has 0 unspecified atom stereocenters. The van der Waals surface area contributed by atoms with Gasteiger partial charge in [0.05, 0.1) is 13.1 Å². The number of hydrogen-bond acceptors (Lipinski definition) is 5. The second-order valence-corrected chi connectivity index (χ2v) is 7.75. The number of hydrogen-bond donors (Lipinski definition) is 3. The number of nitrogens with zero attached hydrogens (tertiary/aromatic N) is 2. The number of aromatic amines is 1. The SMILES string of the molecule is CC(C)c1cccc(NC(=O)CN(C)c2c(N)n(Cc3ccccc3)c(=O)[nH]c2=O)c1. The van der Waals surface area contributed by atoms with Gasteiger partial charge in [-0.15, -0.1) is 0 Å². The maximum atomic E-state index is 12.6. The van der Waals surface area contributed by atoms with E-state index in [4.69, 9.17) is 5.73 Å². The molecule has 0 spiro atoms. The fourth-order valence-corrected chi connectivity index (χ4v) is 3.34. The molecule has 0 radical (unpaired) electrons. The Morgan fingerprint density at radius 2 is 1.84 bits per heavy atom. The summed E-state index contributed by atoms with van der Waals surface area (Å²) in [6.07, 6.45) is 0. The summed E-state index contributed by atoms with van der Waals surface area (Å²) in [4.78, 5) is 41.1. The third kappa shape index (κ3) is 5.22. The monoisotopic (exact) mass is 421 g/mol. The first-order valence-corrected chi connectivity index (χ1v) is 10.0. The Morgan fingerprint density at radius 1 is 1.13 bits per heavy atom. The molecule has 8 nitrogen and oxygen atoms in total. The predicted octanol–water partition coefficient (Wildman–Crippen LogP) is 2.37. The molecule has 0 aliphatic carbocycles. The standard InChI is InChI=1S/C23H27N5O3/c1-15(2)17-10-7-11-18(12-17)25-19(29)14-27(3)20-21(24)28(23(31)26-22(20)30)13-16-8-5-4-6-9-16/h4-12,15H,13-14,24H2,1-3H3,(H,25,29)(H,26,30,31). The quantitative estimate of drug-likeness (QED) is 0.542. The van der Waals surface area contributed by atoms with E-state index >= 15 is 0 Å². The van der Waals surface area contributed by atoms with Crippen molar-refractivity contribution in [1.29, 1.82) is 0 Å². The number of aromatic nitrogens is 2. The predicted molar refractivity (Wildman–Crippen MR) is 124 cm³/mol. The van der Waals surface area contributed by atoms with Crippen molar-refractivity contribution in [2.75, 3.05) is 29.5 Å². The summed E-state index contributed by atoms with van der Waals surface area (Å²) in [7, 11) is 1.59. The number of anilines is 3. The van der Waals surface area contributed by atoms with Gasteiger partial charge in [0.1, 0.15) is 11.5 Å². The third-order valence-electron chi connectivity index (χ3n) is 5.00. The third-order valence-corrected chi connectivity index (χ3v) is 5.00. The summed E-state index contributed by atoms with van der Waals surface area (Å²) in [5, 5.41) is 2.84. The van der Waals surface area contributed by atoms with E-state index in [0.717, 1.165) is 11.1 Å². The molecule has 8 heteroatoms. The number of nitrogens with two attached hydrogens (primary N) is 1. The van der Waals surface area contributed by atoms with Crippen molar-refractivity contribution in [3.63, 3.8) is 0 Å². The highest BCUT2D eigenvalue weighted by Crippen LogP contribution is 2.19. The van der Waals surface area contributed by atoms with Gasteiger partial charge in [-0.05, 0) is 29.2 Å².